The number of benzene rings is 1. The summed E-state index contributed by atoms with van der Waals surface area (Å²) in [4.78, 5) is 0. The van der Waals surface area contributed by atoms with Crippen LogP contribution in [0.5, 0.6) is 0 Å². The SMILES string of the molecule is CS(=O)(=O)OCc1ccccc1C(Br)Br. The molecule has 1 aromatic carbocycles. The molecule has 0 amide bonds. The van der Waals surface area contributed by atoms with Gasteiger partial charge in [0, 0.05) is 0 Å². The van der Waals surface area contributed by atoms with Gasteiger partial charge >= 0.3 is 0 Å². The summed E-state index contributed by atoms with van der Waals surface area (Å²) >= 11 is 6.73. The number of rotatable bonds is 4. The first-order valence-corrected chi connectivity index (χ1v) is 7.75. The van der Waals surface area contributed by atoms with Gasteiger partial charge in [-0.2, -0.15) is 8.42 Å². The summed E-state index contributed by atoms with van der Waals surface area (Å²) in [7, 11) is -3.40. The third kappa shape index (κ3) is 4.63. The van der Waals surface area contributed by atoms with Gasteiger partial charge < -0.3 is 0 Å². The monoisotopic (exact) mass is 356 g/mol. The van der Waals surface area contributed by atoms with Gasteiger partial charge in [0.15, 0.2) is 0 Å². The molecule has 0 unspecified atom stereocenters. The topological polar surface area (TPSA) is 43.4 Å². The minimum Gasteiger partial charge on any atom is -0.265 e. The summed E-state index contributed by atoms with van der Waals surface area (Å²) in [6.45, 7) is 0.0582. The number of hydrogen-bond donors (Lipinski definition) is 0. The number of hydrogen-bond acceptors (Lipinski definition) is 3. The van der Waals surface area contributed by atoms with Gasteiger partial charge in [-0.05, 0) is 11.1 Å². The Bertz CT molecular complexity index is 429. The Morgan fingerprint density at radius 2 is 1.93 bits per heavy atom. The van der Waals surface area contributed by atoms with E-state index in [1.54, 1.807) is 0 Å². The highest BCUT2D eigenvalue weighted by Gasteiger charge is 2.10. The largest absolute Gasteiger partial charge is 0.265 e. The summed E-state index contributed by atoms with van der Waals surface area (Å²) in [5.41, 5.74) is 1.79. The minimum atomic E-state index is -3.40. The van der Waals surface area contributed by atoms with Gasteiger partial charge in [-0.25, -0.2) is 0 Å². The van der Waals surface area contributed by atoms with Crippen molar-refractivity contribution in [1.29, 1.82) is 0 Å². The Labute approximate surface area is 106 Å². The predicted molar refractivity (Wildman–Crippen MR) is 66.7 cm³/mol. The molecule has 0 N–H and O–H groups in total. The average Bonchev–Trinajstić information content (AvgIpc) is 2.14. The maximum atomic E-state index is 10.8. The highest BCUT2D eigenvalue weighted by Crippen LogP contribution is 2.31. The Morgan fingerprint density at radius 1 is 1.33 bits per heavy atom. The van der Waals surface area contributed by atoms with Crippen LogP contribution in [-0.4, -0.2) is 14.7 Å². The average molecular weight is 358 g/mol. The van der Waals surface area contributed by atoms with Gasteiger partial charge in [0.25, 0.3) is 10.1 Å². The lowest BCUT2D eigenvalue weighted by atomic mass is 10.1. The Kier molecular flexibility index (Phi) is 4.76. The molecule has 1 aromatic rings. The molecule has 0 aliphatic heterocycles. The first-order valence-electron chi connectivity index (χ1n) is 4.10. The second-order valence-corrected chi connectivity index (χ2v) is 7.67. The minimum absolute atomic E-state index is 0.00985. The van der Waals surface area contributed by atoms with E-state index in [-0.39, 0.29) is 10.3 Å². The molecule has 0 aliphatic rings. The fourth-order valence-electron chi connectivity index (χ4n) is 1.05. The molecular weight excluding hydrogens is 348 g/mol. The van der Waals surface area contributed by atoms with E-state index >= 15 is 0 Å². The molecule has 84 valence electrons. The van der Waals surface area contributed by atoms with Crippen LogP contribution in [0.3, 0.4) is 0 Å². The van der Waals surface area contributed by atoms with Crippen LogP contribution in [0.25, 0.3) is 0 Å². The maximum absolute atomic E-state index is 10.8. The third-order valence-corrected chi connectivity index (χ3v) is 3.25. The lowest BCUT2D eigenvalue weighted by Gasteiger charge is -2.09. The molecule has 0 fully saturated rings. The van der Waals surface area contributed by atoms with Crippen LogP contribution < -0.4 is 0 Å². The van der Waals surface area contributed by atoms with Crippen molar-refractivity contribution in [3.8, 4) is 0 Å². The second kappa shape index (κ2) is 5.43. The van der Waals surface area contributed by atoms with Crippen molar-refractivity contribution in [2.24, 2.45) is 0 Å². The zero-order valence-electron chi connectivity index (χ0n) is 7.98. The highest BCUT2D eigenvalue weighted by molar-refractivity contribution is 9.24. The number of halogens is 2. The van der Waals surface area contributed by atoms with Crippen molar-refractivity contribution in [1.82, 2.24) is 0 Å². The van der Waals surface area contributed by atoms with Crippen LogP contribution in [0.4, 0.5) is 0 Å². The van der Waals surface area contributed by atoms with Crippen molar-refractivity contribution in [2.45, 2.75) is 10.3 Å². The molecular formula is C9H10Br2O3S. The third-order valence-electron chi connectivity index (χ3n) is 1.72. The van der Waals surface area contributed by atoms with E-state index in [4.69, 9.17) is 4.18 Å². The van der Waals surface area contributed by atoms with E-state index < -0.39 is 10.1 Å². The zero-order valence-corrected chi connectivity index (χ0v) is 12.0. The van der Waals surface area contributed by atoms with E-state index in [0.717, 1.165) is 17.4 Å². The van der Waals surface area contributed by atoms with Crippen LogP contribution in [0.15, 0.2) is 24.3 Å². The summed E-state index contributed by atoms with van der Waals surface area (Å²) < 4.78 is 26.4. The lowest BCUT2D eigenvalue weighted by molar-refractivity contribution is 0.311. The van der Waals surface area contributed by atoms with Crippen molar-refractivity contribution in [3.05, 3.63) is 35.4 Å². The summed E-state index contributed by atoms with van der Waals surface area (Å²) in [5.74, 6) is 0. The second-order valence-electron chi connectivity index (χ2n) is 2.97. The zero-order chi connectivity index (χ0) is 11.5. The molecule has 0 atom stereocenters. The summed E-state index contributed by atoms with van der Waals surface area (Å²) in [6, 6.07) is 7.45. The number of alkyl halides is 2. The van der Waals surface area contributed by atoms with Gasteiger partial charge in [-0.3, -0.25) is 4.18 Å². The quantitative estimate of drug-likeness (QED) is 0.614. The van der Waals surface area contributed by atoms with Gasteiger partial charge in [0.1, 0.15) is 0 Å². The van der Waals surface area contributed by atoms with Crippen LogP contribution in [0.1, 0.15) is 14.9 Å². The van der Waals surface area contributed by atoms with Gasteiger partial charge in [-0.1, -0.05) is 56.1 Å². The molecule has 0 spiro atoms. The summed E-state index contributed by atoms with van der Waals surface area (Å²) in [5, 5.41) is 0. The molecule has 6 heteroatoms. The van der Waals surface area contributed by atoms with Gasteiger partial charge in [0.2, 0.25) is 0 Å². The Hall–Kier alpha value is 0.0900. The van der Waals surface area contributed by atoms with Crippen LogP contribution in [0, 0.1) is 0 Å². The van der Waals surface area contributed by atoms with E-state index in [2.05, 4.69) is 31.9 Å². The fraction of sp³-hybridized carbons (Fsp3) is 0.333. The van der Waals surface area contributed by atoms with Gasteiger partial charge in [-0.15, -0.1) is 0 Å². The Balaban J connectivity index is 2.85. The first-order chi connectivity index (χ1) is 6.90. The molecule has 0 aromatic heterocycles. The molecule has 0 saturated heterocycles. The summed E-state index contributed by atoms with van der Waals surface area (Å²) in [6.07, 6.45) is 1.04. The van der Waals surface area contributed by atoms with E-state index in [0.29, 0.717) is 0 Å². The standard InChI is InChI=1S/C9H10Br2O3S/c1-15(12,13)14-6-7-4-2-3-5-8(7)9(10)11/h2-5,9H,6H2,1H3. The van der Waals surface area contributed by atoms with Crippen molar-refractivity contribution < 1.29 is 12.6 Å². The van der Waals surface area contributed by atoms with Gasteiger partial charge in [0.05, 0.1) is 16.6 Å². The molecule has 0 radical (unpaired) electrons. The van der Waals surface area contributed by atoms with Crippen molar-refractivity contribution >= 4 is 42.0 Å². The molecule has 0 bridgehead atoms. The van der Waals surface area contributed by atoms with Crippen molar-refractivity contribution in [2.75, 3.05) is 6.26 Å². The normalized spacial score (nSPS) is 12.0. The smallest absolute Gasteiger partial charge is 0.264 e. The molecule has 0 aliphatic carbocycles. The van der Waals surface area contributed by atoms with Crippen LogP contribution >= 0.6 is 31.9 Å². The first kappa shape index (κ1) is 13.2. The fourth-order valence-corrected chi connectivity index (χ4v) is 2.28. The van der Waals surface area contributed by atoms with Crippen LogP contribution in [-0.2, 0) is 20.9 Å². The molecule has 0 saturated carbocycles. The highest BCUT2D eigenvalue weighted by atomic mass is 79.9. The van der Waals surface area contributed by atoms with E-state index in [9.17, 15) is 8.42 Å². The van der Waals surface area contributed by atoms with Crippen molar-refractivity contribution in [3.63, 3.8) is 0 Å². The Morgan fingerprint density at radius 3 is 2.47 bits per heavy atom. The molecule has 3 nitrogen and oxygen atoms in total. The maximum Gasteiger partial charge on any atom is 0.264 e. The molecule has 15 heavy (non-hydrogen) atoms. The predicted octanol–water partition coefficient (Wildman–Crippen LogP) is 2.95. The molecule has 1 rings (SSSR count). The van der Waals surface area contributed by atoms with E-state index in [1.807, 2.05) is 24.3 Å². The van der Waals surface area contributed by atoms with Crippen LogP contribution in [0.2, 0.25) is 0 Å². The van der Waals surface area contributed by atoms with E-state index in [1.165, 1.54) is 0 Å². The lowest BCUT2D eigenvalue weighted by Crippen LogP contribution is -2.04. The molecule has 0 heterocycles.